The van der Waals surface area contributed by atoms with Gasteiger partial charge in [0.2, 0.25) is 0 Å². The first-order valence-electron chi connectivity index (χ1n) is 7.77. The third-order valence-electron chi connectivity index (χ3n) is 3.60. The van der Waals surface area contributed by atoms with Gasteiger partial charge >= 0.3 is 6.03 Å². The van der Waals surface area contributed by atoms with Crippen LogP contribution < -0.4 is 15.4 Å². The lowest BCUT2D eigenvalue weighted by Gasteiger charge is -2.12. The lowest BCUT2D eigenvalue weighted by atomic mass is 10.2. The molecule has 0 spiro atoms. The molecule has 0 bridgehead atoms. The Morgan fingerprint density at radius 3 is 2.39 bits per heavy atom. The number of anilines is 2. The van der Waals surface area contributed by atoms with E-state index in [1.807, 2.05) is 54.6 Å². The van der Waals surface area contributed by atoms with E-state index in [1.54, 1.807) is 0 Å². The Bertz CT molecular complexity index is 622. The van der Waals surface area contributed by atoms with Gasteiger partial charge in [-0.3, -0.25) is 0 Å². The van der Waals surface area contributed by atoms with Crippen LogP contribution in [0, 0.1) is 0 Å². The maximum absolute atomic E-state index is 11.9. The summed E-state index contributed by atoms with van der Waals surface area (Å²) in [5, 5.41) is 5.55. The van der Waals surface area contributed by atoms with Gasteiger partial charge in [0.05, 0.1) is 6.10 Å². The van der Waals surface area contributed by atoms with Crippen LogP contribution in [0.1, 0.15) is 12.8 Å². The van der Waals surface area contributed by atoms with Crippen molar-refractivity contribution in [2.45, 2.75) is 18.9 Å². The molecule has 1 aliphatic rings. The first-order chi connectivity index (χ1) is 11.3. The summed E-state index contributed by atoms with van der Waals surface area (Å²) in [5.74, 6) is 0.773. The Morgan fingerprint density at radius 1 is 1.04 bits per heavy atom. The predicted molar refractivity (Wildman–Crippen MR) is 90.0 cm³/mol. The molecule has 3 rings (SSSR count). The molecule has 2 aromatic carbocycles. The summed E-state index contributed by atoms with van der Waals surface area (Å²) < 4.78 is 11.2. The van der Waals surface area contributed by atoms with Gasteiger partial charge in [0.1, 0.15) is 12.4 Å². The van der Waals surface area contributed by atoms with Gasteiger partial charge in [0.25, 0.3) is 0 Å². The van der Waals surface area contributed by atoms with Crippen molar-refractivity contribution in [1.29, 1.82) is 0 Å². The van der Waals surface area contributed by atoms with Gasteiger partial charge in [-0.25, -0.2) is 4.79 Å². The number of carbonyl (C=O) groups excluding carboxylic acids is 1. The van der Waals surface area contributed by atoms with Gasteiger partial charge < -0.3 is 20.1 Å². The number of hydrogen-bond acceptors (Lipinski definition) is 3. The summed E-state index contributed by atoms with van der Waals surface area (Å²) in [7, 11) is 0. The molecule has 1 heterocycles. The van der Waals surface area contributed by atoms with E-state index >= 15 is 0 Å². The first kappa shape index (κ1) is 15.4. The van der Waals surface area contributed by atoms with Crippen LogP contribution >= 0.6 is 0 Å². The molecular formula is C18H20N2O3. The first-order valence-corrected chi connectivity index (χ1v) is 7.77. The molecule has 5 heteroatoms. The number of urea groups is 1. The van der Waals surface area contributed by atoms with E-state index in [-0.39, 0.29) is 12.1 Å². The highest BCUT2D eigenvalue weighted by molar-refractivity contribution is 5.99. The summed E-state index contributed by atoms with van der Waals surface area (Å²) in [5.41, 5.74) is 1.46. The Labute approximate surface area is 135 Å². The van der Waals surface area contributed by atoms with Crippen LogP contribution in [0.3, 0.4) is 0 Å². The van der Waals surface area contributed by atoms with Crippen molar-refractivity contribution < 1.29 is 14.3 Å². The van der Waals surface area contributed by atoms with E-state index in [0.29, 0.717) is 12.3 Å². The number of nitrogens with one attached hydrogen (secondary N) is 2. The number of amides is 2. The van der Waals surface area contributed by atoms with Crippen LogP contribution in [0.4, 0.5) is 16.2 Å². The van der Waals surface area contributed by atoms with Gasteiger partial charge in [-0.15, -0.1) is 0 Å². The third kappa shape index (κ3) is 4.72. The van der Waals surface area contributed by atoms with Gasteiger partial charge in [0, 0.05) is 18.0 Å². The molecule has 1 saturated heterocycles. The minimum atomic E-state index is -0.274. The average molecular weight is 312 g/mol. The number of rotatable bonds is 5. The average Bonchev–Trinajstić information content (AvgIpc) is 3.08. The molecule has 2 N–H and O–H groups in total. The highest BCUT2D eigenvalue weighted by Gasteiger charge is 2.15. The van der Waals surface area contributed by atoms with Crippen LogP contribution in [0.15, 0.2) is 54.6 Å². The second-order valence-electron chi connectivity index (χ2n) is 5.42. The second-order valence-corrected chi connectivity index (χ2v) is 5.42. The normalized spacial score (nSPS) is 16.8. The van der Waals surface area contributed by atoms with Crippen LogP contribution in [0.25, 0.3) is 0 Å². The fraction of sp³-hybridized carbons (Fsp3) is 0.278. The maximum Gasteiger partial charge on any atom is 0.323 e. The Morgan fingerprint density at radius 2 is 1.74 bits per heavy atom. The van der Waals surface area contributed by atoms with Crippen LogP contribution in [0.2, 0.25) is 0 Å². The zero-order valence-corrected chi connectivity index (χ0v) is 12.8. The zero-order valence-electron chi connectivity index (χ0n) is 12.8. The quantitative estimate of drug-likeness (QED) is 0.880. The Hall–Kier alpha value is -2.53. The maximum atomic E-state index is 11.9. The summed E-state index contributed by atoms with van der Waals surface area (Å²) in [6.07, 6.45) is 2.36. The molecule has 0 saturated carbocycles. The molecule has 23 heavy (non-hydrogen) atoms. The third-order valence-corrected chi connectivity index (χ3v) is 3.60. The van der Waals surface area contributed by atoms with Crippen molar-refractivity contribution in [3.05, 3.63) is 54.6 Å². The van der Waals surface area contributed by atoms with Crippen LogP contribution in [0.5, 0.6) is 5.75 Å². The van der Waals surface area contributed by atoms with Crippen LogP contribution in [-0.4, -0.2) is 25.3 Å². The van der Waals surface area contributed by atoms with Gasteiger partial charge in [0.15, 0.2) is 0 Å². The molecule has 5 nitrogen and oxygen atoms in total. The van der Waals surface area contributed by atoms with E-state index < -0.39 is 0 Å². The smallest absolute Gasteiger partial charge is 0.323 e. The SMILES string of the molecule is O=C(Nc1ccccc1)Nc1ccc(OC[C@H]2CCCO2)cc1. The summed E-state index contributed by atoms with van der Waals surface area (Å²) in [4.78, 5) is 11.9. The number of ether oxygens (including phenoxy) is 2. The highest BCUT2D eigenvalue weighted by atomic mass is 16.5. The van der Waals surface area contributed by atoms with Gasteiger partial charge in [-0.05, 0) is 49.2 Å². The standard InChI is InChI=1S/C18H20N2O3/c21-18(19-14-5-2-1-3-6-14)20-15-8-10-16(11-9-15)23-13-17-7-4-12-22-17/h1-3,5-6,8-11,17H,4,7,12-13H2,(H2,19,20,21)/t17-/m1/s1. The molecule has 1 fully saturated rings. The molecule has 0 unspecified atom stereocenters. The minimum absolute atomic E-state index is 0.199. The fourth-order valence-corrected chi connectivity index (χ4v) is 2.41. The summed E-state index contributed by atoms with van der Waals surface area (Å²) >= 11 is 0. The zero-order chi connectivity index (χ0) is 15.9. The molecule has 1 aliphatic heterocycles. The number of hydrogen-bond donors (Lipinski definition) is 2. The van der Waals surface area contributed by atoms with E-state index in [1.165, 1.54) is 0 Å². The van der Waals surface area contributed by atoms with Crippen molar-refractivity contribution in [3.63, 3.8) is 0 Å². The van der Waals surface area contributed by atoms with E-state index in [0.717, 1.165) is 30.9 Å². The fourth-order valence-electron chi connectivity index (χ4n) is 2.41. The lowest BCUT2D eigenvalue weighted by molar-refractivity contribution is 0.0679. The molecule has 0 radical (unpaired) electrons. The summed E-state index contributed by atoms with van der Waals surface area (Å²) in [6, 6.07) is 16.3. The number of carbonyl (C=O) groups is 1. The molecule has 2 amide bonds. The monoisotopic (exact) mass is 312 g/mol. The van der Waals surface area contributed by atoms with Gasteiger partial charge in [-0.2, -0.15) is 0 Å². The molecule has 0 aromatic heterocycles. The Balaban J connectivity index is 1.47. The predicted octanol–water partition coefficient (Wildman–Crippen LogP) is 3.89. The van der Waals surface area contributed by atoms with Crippen molar-refractivity contribution >= 4 is 17.4 Å². The van der Waals surface area contributed by atoms with E-state index in [4.69, 9.17) is 9.47 Å². The lowest BCUT2D eigenvalue weighted by Crippen LogP contribution is -2.19. The van der Waals surface area contributed by atoms with E-state index in [2.05, 4.69) is 10.6 Å². The van der Waals surface area contributed by atoms with Crippen molar-refractivity contribution in [2.24, 2.45) is 0 Å². The molecule has 120 valence electrons. The molecule has 1 atom stereocenters. The summed E-state index contributed by atoms with van der Waals surface area (Å²) in [6.45, 7) is 1.40. The van der Waals surface area contributed by atoms with Crippen molar-refractivity contribution in [2.75, 3.05) is 23.8 Å². The molecular weight excluding hydrogens is 292 g/mol. The Kier molecular flexibility index (Phi) is 5.11. The highest BCUT2D eigenvalue weighted by Crippen LogP contribution is 2.18. The second kappa shape index (κ2) is 7.65. The topological polar surface area (TPSA) is 59.6 Å². The minimum Gasteiger partial charge on any atom is -0.491 e. The van der Waals surface area contributed by atoms with Gasteiger partial charge in [-0.1, -0.05) is 18.2 Å². The van der Waals surface area contributed by atoms with E-state index in [9.17, 15) is 4.79 Å². The number of para-hydroxylation sites is 1. The van der Waals surface area contributed by atoms with Crippen molar-refractivity contribution in [1.82, 2.24) is 0 Å². The van der Waals surface area contributed by atoms with Crippen molar-refractivity contribution in [3.8, 4) is 5.75 Å². The molecule has 2 aromatic rings. The molecule has 0 aliphatic carbocycles. The van der Waals surface area contributed by atoms with Crippen LogP contribution in [-0.2, 0) is 4.74 Å². The number of benzene rings is 2. The largest absolute Gasteiger partial charge is 0.491 e.